The van der Waals surface area contributed by atoms with Crippen LogP contribution in [0.25, 0.3) is 0 Å². The first-order chi connectivity index (χ1) is 17.3. The van der Waals surface area contributed by atoms with E-state index in [-0.39, 0.29) is 5.92 Å². The Labute approximate surface area is 216 Å². The summed E-state index contributed by atoms with van der Waals surface area (Å²) in [7, 11) is 8.69. The van der Waals surface area contributed by atoms with Gasteiger partial charge in [0.15, 0.2) is 23.0 Å². The maximum absolute atomic E-state index is 10.3. The minimum Gasteiger partial charge on any atom is -0.493 e. The van der Waals surface area contributed by atoms with Crippen molar-refractivity contribution in [3.63, 3.8) is 0 Å². The molecule has 2 aromatic rings. The number of hydrogen-bond acceptors (Lipinski definition) is 7. The van der Waals surface area contributed by atoms with E-state index in [0.717, 1.165) is 49.4 Å². The molecule has 0 aromatic heterocycles. The highest BCUT2D eigenvalue weighted by Gasteiger charge is 2.36. The van der Waals surface area contributed by atoms with Crippen LogP contribution >= 0.6 is 0 Å². The Hall–Kier alpha value is -2.95. The molecule has 2 aromatic carbocycles. The molecule has 0 aliphatic rings. The SMILES string of the molecule is COCCOc1ccc(C(C#N)(CCCN(C)CCc2ccc(OC)c(OC)c2)C(C)C)cc1OC. The van der Waals surface area contributed by atoms with Crippen LogP contribution in [0.4, 0.5) is 0 Å². The first kappa shape index (κ1) is 29.3. The summed E-state index contributed by atoms with van der Waals surface area (Å²) in [5, 5.41) is 10.3. The van der Waals surface area contributed by atoms with E-state index in [1.165, 1.54) is 5.56 Å². The molecular weight excluding hydrogens is 456 g/mol. The minimum atomic E-state index is -0.609. The van der Waals surface area contributed by atoms with E-state index in [2.05, 4.69) is 37.9 Å². The molecule has 0 radical (unpaired) electrons. The van der Waals surface area contributed by atoms with Gasteiger partial charge in [-0.15, -0.1) is 0 Å². The average molecular weight is 499 g/mol. The van der Waals surface area contributed by atoms with Gasteiger partial charge in [0, 0.05) is 13.7 Å². The Kier molecular flexibility index (Phi) is 11.9. The number of rotatable bonds is 16. The number of hydrogen-bond donors (Lipinski definition) is 0. The predicted octanol–water partition coefficient (Wildman–Crippen LogP) is 5.11. The Bertz CT molecular complexity index is 988. The molecule has 0 saturated heterocycles. The normalized spacial score (nSPS) is 12.8. The molecule has 0 saturated carbocycles. The molecule has 1 atom stereocenters. The topological polar surface area (TPSA) is 73.2 Å². The molecule has 0 heterocycles. The summed E-state index contributed by atoms with van der Waals surface area (Å²) in [6.07, 6.45) is 2.57. The molecule has 0 N–H and O–H groups in total. The Morgan fingerprint density at radius 3 is 2.14 bits per heavy atom. The quantitative estimate of drug-likeness (QED) is 0.298. The van der Waals surface area contributed by atoms with E-state index in [1.54, 1.807) is 28.4 Å². The van der Waals surface area contributed by atoms with Crippen molar-refractivity contribution in [2.24, 2.45) is 5.92 Å². The van der Waals surface area contributed by atoms with Crippen molar-refractivity contribution in [1.29, 1.82) is 5.26 Å². The second-order valence-corrected chi connectivity index (χ2v) is 9.29. The highest BCUT2D eigenvalue weighted by atomic mass is 16.5. The van der Waals surface area contributed by atoms with Gasteiger partial charge in [-0.1, -0.05) is 26.0 Å². The molecule has 0 amide bonds. The fourth-order valence-electron chi connectivity index (χ4n) is 4.41. The van der Waals surface area contributed by atoms with E-state index in [0.29, 0.717) is 24.7 Å². The lowest BCUT2D eigenvalue weighted by atomic mass is 9.69. The van der Waals surface area contributed by atoms with Crippen LogP contribution in [-0.4, -0.2) is 66.7 Å². The zero-order valence-corrected chi connectivity index (χ0v) is 22.9. The second kappa shape index (κ2) is 14.6. The van der Waals surface area contributed by atoms with Crippen molar-refractivity contribution in [3.05, 3.63) is 47.5 Å². The number of nitriles is 1. The Morgan fingerprint density at radius 2 is 1.53 bits per heavy atom. The van der Waals surface area contributed by atoms with Crippen molar-refractivity contribution in [2.75, 3.05) is 61.8 Å². The van der Waals surface area contributed by atoms with Crippen LogP contribution in [-0.2, 0) is 16.6 Å². The Morgan fingerprint density at radius 1 is 0.861 bits per heavy atom. The smallest absolute Gasteiger partial charge is 0.161 e. The zero-order valence-electron chi connectivity index (χ0n) is 22.9. The van der Waals surface area contributed by atoms with Gasteiger partial charge in [-0.05, 0) is 74.2 Å². The van der Waals surface area contributed by atoms with Crippen LogP contribution in [0.5, 0.6) is 23.0 Å². The van der Waals surface area contributed by atoms with Crippen LogP contribution in [0, 0.1) is 17.2 Å². The van der Waals surface area contributed by atoms with Gasteiger partial charge in [-0.25, -0.2) is 0 Å². The van der Waals surface area contributed by atoms with Crippen LogP contribution in [0.3, 0.4) is 0 Å². The minimum absolute atomic E-state index is 0.143. The van der Waals surface area contributed by atoms with E-state index in [1.807, 2.05) is 30.3 Å². The van der Waals surface area contributed by atoms with Gasteiger partial charge in [0.2, 0.25) is 0 Å². The number of benzene rings is 2. The highest BCUT2D eigenvalue weighted by Crippen LogP contribution is 2.40. The van der Waals surface area contributed by atoms with Crippen LogP contribution in [0.1, 0.15) is 37.8 Å². The van der Waals surface area contributed by atoms with Gasteiger partial charge in [-0.2, -0.15) is 5.26 Å². The first-order valence-corrected chi connectivity index (χ1v) is 12.5. The van der Waals surface area contributed by atoms with Gasteiger partial charge >= 0.3 is 0 Å². The monoisotopic (exact) mass is 498 g/mol. The third-order valence-electron chi connectivity index (χ3n) is 6.75. The third kappa shape index (κ3) is 7.52. The summed E-state index contributed by atoms with van der Waals surface area (Å²) in [6, 6.07) is 14.5. The van der Waals surface area contributed by atoms with Crippen molar-refractivity contribution in [2.45, 2.75) is 38.5 Å². The first-order valence-electron chi connectivity index (χ1n) is 12.5. The summed E-state index contributed by atoms with van der Waals surface area (Å²) in [6.45, 7) is 6.98. The molecule has 2 rings (SSSR count). The van der Waals surface area contributed by atoms with E-state index in [4.69, 9.17) is 23.7 Å². The van der Waals surface area contributed by atoms with Crippen molar-refractivity contribution < 1.29 is 23.7 Å². The van der Waals surface area contributed by atoms with Gasteiger partial charge in [-0.3, -0.25) is 0 Å². The molecule has 0 fully saturated rings. The Balaban J connectivity index is 2.03. The summed E-state index contributed by atoms with van der Waals surface area (Å²) in [4.78, 5) is 2.31. The fourth-order valence-corrected chi connectivity index (χ4v) is 4.41. The van der Waals surface area contributed by atoms with Crippen LogP contribution in [0.2, 0.25) is 0 Å². The lowest BCUT2D eigenvalue weighted by Crippen LogP contribution is -2.32. The zero-order chi connectivity index (χ0) is 26.6. The summed E-state index contributed by atoms with van der Waals surface area (Å²) >= 11 is 0. The number of nitrogens with zero attached hydrogens (tertiary/aromatic N) is 2. The molecule has 0 bridgehead atoms. The van der Waals surface area contributed by atoms with Crippen LogP contribution in [0.15, 0.2) is 36.4 Å². The third-order valence-corrected chi connectivity index (χ3v) is 6.75. The summed E-state index contributed by atoms with van der Waals surface area (Å²) < 4.78 is 27.2. The van der Waals surface area contributed by atoms with E-state index < -0.39 is 5.41 Å². The number of methoxy groups -OCH3 is 4. The molecule has 7 heteroatoms. The van der Waals surface area contributed by atoms with Gasteiger partial charge in [0.1, 0.15) is 6.61 Å². The lowest BCUT2D eigenvalue weighted by molar-refractivity contribution is 0.144. The van der Waals surface area contributed by atoms with E-state index in [9.17, 15) is 5.26 Å². The highest BCUT2D eigenvalue weighted by molar-refractivity contribution is 5.47. The second-order valence-electron chi connectivity index (χ2n) is 9.29. The van der Waals surface area contributed by atoms with Crippen molar-refractivity contribution in [1.82, 2.24) is 4.90 Å². The number of ether oxygens (including phenoxy) is 5. The van der Waals surface area contributed by atoms with Gasteiger partial charge in [0.25, 0.3) is 0 Å². The lowest BCUT2D eigenvalue weighted by Gasteiger charge is -2.32. The molecule has 36 heavy (non-hydrogen) atoms. The molecule has 0 aliphatic carbocycles. The van der Waals surface area contributed by atoms with Gasteiger partial charge in [0.05, 0.1) is 39.4 Å². The summed E-state index contributed by atoms with van der Waals surface area (Å²) in [5.74, 6) is 2.92. The largest absolute Gasteiger partial charge is 0.493 e. The maximum atomic E-state index is 10.3. The molecular formula is C29H42N2O5. The molecule has 1 unspecified atom stereocenters. The standard InChI is InChI=1S/C29H42N2O5/c1-22(2)29(21-30,24-10-12-26(28(20-24)35-7)36-18-17-32-4)14-8-15-31(3)16-13-23-9-11-25(33-5)27(19-23)34-6/h9-12,19-20,22H,8,13-18H2,1-7H3. The fraction of sp³-hybridized carbons (Fsp3) is 0.552. The molecule has 7 nitrogen and oxygen atoms in total. The van der Waals surface area contributed by atoms with Crippen molar-refractivity contribution in [3.8, 4) is 29.1 Å². The average Bonchev–Trinajstić information content (AvgIpc) is 2.89. The summed E-state index contributed by atoms with van der Waals surface area (Å²) in [5.41, 5.74) is 1.56. The molecule has 198 valence electrons. The van der Waals surface area contributed by atoms with E-state index >= 15 is 0 Å². The maximum Gasteiger partial charge on any atom is 0.161 e. The molecule has 0 aliphatic heterocycles. The van der Waals surface area contributed by atoms with Crippen molar-refractivity contribution >= 4 is 0 Å². The predicted molar refractivity (Wildman–Crippen MR) is 142 cm³/mol. The van der Waals surface area contributed by atoms with Crippen LogP contribution < -0.4 is 18.9 Å². The molecule has 0 spiro atoms. The number of likely N-dealkylation sites (N-methyl/N-ethyl adjacent to an activating group) is 1. The van der Waals surface area contributed by atoms with Gasteiger partial charge < -0.3 is 28.6 Å².